The van der Waals surface area contributed by atoms with Crippen molar-refractivity contribution < 1.29 is 9.59 Å². The molecule has 5 heteroatoms. The van der Waals surface area contributed by atoms with Crippen LogP contribution in [0.1, 0.15) is 17.7 Å². The Balaban J connectivity index is 1.53. The van der Waals surface area contributed by atoms with Gasteiger partial charge in [0.1, 0.15) is 0 Å². The molecule has 1 aromatic carbocycles. The second-order valence-electron chi connectivity index (χ2n) is 6.10. The molecule has 1 N–H and O–H groups in total. The lowest BCUT2D eigenvalue weighted by atomic mass is 10.1. The Morgan fingerprint density at radius 3 is 2.75 bits per heavy atom. The molecule has 0 aliphatic carbocycles. The number of amides is 2. The van der Waals surface area contributed by atoms with Crippen molar-refractivity contribution in [2.75, 3.05) is 18.0 Å². The van der Waals surface area contributed by atoms with Gasteiger partial charge in [-0.2, -0.15) is 0 Å². The molecule has 3 rings (SSSR count). The standard InChI is InChI=1S/C19H21N3O2/c1-14-5-7-17(8-6-14)22-13-15(12-18(22)23)19(24)21-11-9-16-4-2-3-10-20-16/h2-8,10,15H,9,11-13H2,1H3,(H,21,24). The van der Waals surface area contributed by atoms with E-state index < -0.39 is 0 Å². The molecule has 0 spiro atoms. The van der Waals surface area contributed by atoms with Crippen LogP contribution >= 0.6 is 0 Å². The van der Waals surface area contributed by atoms with Crippen LogP contribution in [0, 0.1) is 12.8 Å². The largest absolute Gasteiger partial charge is 0.355 e. The number of anilines is 1. The third-order valence-corrected chi connectivity index (χ3v) is 4.25. The highest BCUT2D eigenvalue weighted by atomic mass is 16.2. The fraction of sp³-hybridized carbons (Fsp3) is 0.316. The van der Waals surface area contributed by atoms with E-state index in [2.05, 4.69) is 10.3 Å². The van der Waals surface area contributed by atoms with Crippen molar-refractivity contribution in [3.8, 4) is 0 Å². The number of hydrogen-bond acceptors (Lipinski definition) is 3. The quantitative estimate of drug-likeness (QED) is 0.916. The molecule has 1 fully saturated rings. The Labute approximate surface area is 141 Å². The van der Waals surface area contributed by atoms with E-state index in [-0.39, 0.29) is 24.2 Å². The summed E-state index contributed by atoms with van der Waals surface area (Å²) >= 11 is 0. The van der Waals surface area contributed by atoms with Gasteiger partial charge in [-0.05, 0) is 31.2 Å². The summed E-state index contributed by atoms with van der Waals surface area (Å²) < 4.78 is 0. The lowest BCUT2D eigenvalue weighted by Gasteiger charge is -2.17. The molecule has 0 saturated carbocycles. The molecule has 0 bridgehead atoms. The first kappa shape index (κ1) is 16.2. The summed E-state index contributed by atoms with van der Waals surface area (Å²) in [4.78, 5) is 30.4. The van der Waals surface area contributed by atoms with Crippen molar-refractivity contribution in [3.63, 3.8) is 0 Å². The Hall–Kier alpha value is -2.69. The third-order valence-electron chi connectivity index (χ3n) is 4.25. The monoisotopic (exact) mass is 323 g/mol. The van der Waals surface area contributed by atoms with Gasteiger partial charge in [-0.15, -0.1) is 0 Å². The summed E-state index contributed by atoms with van der Waals surface area (Å²) in [7, 11) is 0. The number of rotatable bonds is 5. The summed E-state index contributed by atoms with van der Waals surface area (Å²) in [6, 6.07) is 13.5. The predicted octanol–water partition coefficient (Wildman–Crippen LogP) is 2.10. The van der Waals surface area contributed by atoms with Gasteiger partial charge < -0.3 is 10.2 Å². The van der Waals surface area contributed by atoms with Gasteiger partial charge >= 0.3 is 0 Å². The number of nitrogens with one attached hydrogen (secondary N) is 1. The number of carbonyl (C=O) groups is 2. The number of nitrogens with zero attached hydrogens (tertiary/aromatic N) is 2. The average molecular weight is 323 g/mol. The highest BCUT2D eigenvalue weighted by Crippen LogP contribution is 2.25. The van der Waals surface area contributed by atoms with Crippen LogP contribution in [0.25, 0.3) is 0 Å². The maximum absolute atomic E-state index is 12.3. The fourth-order valence-electron chi connectivity index (χ4n) is 2.86. The molecule has 2 heterocycles. The van der Waals surface area contributed by atoms with Crippen LogP contribution in [0.5, 0.6) is 0 Å². The van der Waals surface area contributed by atoms with E-state index >= 15 is 0 Å². The Bertz CT molecular complexity index is 713. The van der Waals surface area contributed by atoms with Crippen molar-refractivity contribution in [2.45, 2.75) is 19.8 Å². The second kappa shape index (κ2) is 7.25. The van der Waals surface area contributed by atoms with Crippen molar-refractivity contribution in [3.05, 3.63) is 59.9 Å². The van der Waals surface area contributed by atoms with Crippen LogP contribution in [0.15, 0.2) is 48.7 Å². The van der Waals surface area contributed by atoms with E-state index in [1.807, 2.05) is 49.4 Å². The zero-order valence-corrected chi connectivity index (χ0v) is 13.7. The Morgan fingerprint density at radius 1 is 1.25 bits per heavy atom. The summed E-state index contributed by atoms with van der Waals surface area (Å²) in [6.07, 6.45) is 2.70. The molecular weight excluding hydrogens is 302 g/mol. The summed E-state index contributed by atoms with van der Waals surface area (Å²) in [5, 5.41) is 2.92. The lowest BCUT2D eigenvalue weighted by Crippen LogP contribution is -2.34. The molecule has 1 saturated heterocycles. The maximum atomic E-state index is 12.3. The minimum absolute atomic E-state index is 0.00345. The molecule has 5 nitrogen and oxygen atoms in total. The molecule has 1 unspecified atom stereocenters. The van der Waals surface area contributed by atoms with Crippen molar-refractivity contribution >= 4 is 17.5 Å². The zero-order chi connectivity index (χ0) is 16.9. The number of pyridine rings is 1. The summed E-state index contributed by atoms with van der Waals surface area (Å²) in [5.74, 6) is -0.347. The van der Waals surface area contributed by atoms with Gasteiger partial charge in [-0.1, -0.05) is 23.8 Å². The third kappa shape index (κ3) is 3.79. The van der Waals surface area contributed by atoms with Gasteiger partial charge in [-0.25, -0.2) is 0 Å². The molecule has 1 aromatic heterocycles. The molecule has 2 aromatic rings. The smallest absolute Gasteiger partial charge is 0.227 e. The molecule has 1 atom stereocenters. The van der Waals surface area contributed by atoms with E-state index in [1.165, 1.54) is 0 Å². The lowest BCUT2D eigenvalue weighted by molar-refractivity contribution is -0.126. The minimum Gasteiger partial charge on any atom is -0.355 e. The molecular formula is C19H21N3O2. The van der Waals surface area contributed by atoms with Crippen molar-refractivity contribution in [2.24, 2.45) is 5.92 Å². The van der Waals surface area contributed by atoms with Gasteiger partial charge in [0, 0.05) is 43.5 Å². The normalized spacial score (nSPS) is 17.1. The molecule has 1 aliphatic rings. The van der Waals surface area contributed by atoms with E-state index in [4.69, 9.17) is 0 Å². The van der Waals surface area contributed by atoms with Crippen LogP contribution in [0.3, 0.4) is 0 Å². The number of aromatic nitrogens is 1. The van der Waals surface area contributed by atoms with Gasteiger partial charge in [0.05, 0.1) is 5.92 Å². The van der Waals surface area contributed by atoms with Crippen LogP contribution in [0.2, 0.25) is 0 Å². The van der Waals surface area contributed by atoms with E-state index in [9.17, 15) is 9.59 Å². The molecule has 124 valence electrons. The van der Waals surface area contributed by atoms with E-state index in [0.29, 0.717) is 19.5 Å². The first-order valence-electron chi connectivity index (χ1n) is 8.18. The molecule has 2 amide bonds. The van der Waals surface area contributed by atoms with Gasteiger partial charge in [0.2, 0.25) is 11.8 Å². The Kier molecular flexibility index (Phi) is 4.89. The summed E-state index contributed by atoms with van der Waals surface area (Å²) in [5.41, 5.74) is 2.95. The highest BCUT2D eigenvalue weighted by molar-refractivity contribution is 6.00. The number of carbonyl (C=O) groups excluding carboxylic acids is 2. The zero-order valence-electron chi connectivity index (χ0n) is 13.7. The first-order valence-corrected chi connectivity index (χ1v) is 8.18. The van der Waals surface area contributed by atoms with E-state index in [1.54, 1.807) is 11.1 Å². The minimum atomic E-state index is -0.289. The van der Waals surface area contributed by atoms with Crippen molar-refractivity contribution in [1.29, 1.82) is 0 Å². The maximum Gasteiger partial charge on any atom is 0.227 e. The second-order valence-corrected chi connectivity index (χ2v) is 6.10. The Morgan fingerprint density at radius 2 is 2.04 bits per heavy atom. The SMILES string of the molecule is Cc1ccc(N2CC(C(=O)NCCc3ccccn3)CC2=O)cc1. The highest BCUT2D eigenvalue weighted by Gasteiger charge is 2.34. The van der Waals surface area contributed by atoms with Gasteiger partial charge in [-0.3, -0.25) is 14.6 Å². The van der Waals surface area contributed by atoms with E-state index in [0.717, 1.165) is 16.9 Å². The first-order chi connectivity index (χ1) is 11.6. The molecule has 1 aliphatic heterocycles. The van der Waals surface area contributed by atoms with Crippen LogP contribution in [0.4, 0.5) is 5.69 Å². The average Bonchev–Trinajstić information content (AvgIpc) is 2.98. The predicted molar refractivity (Wildman–Crippen MR) is 92.6 cm³/mol. The van der Waals surface area contributed by atoms with Gasteiger partial charge in [0.25, 0.3) is 0 Å². The van der Waals surface area contributed by atoms with Crippen LogP contribution < -0.4 is 10.2 Å². The van der Waals surface area contributed by atoms with Crippen molar-refractivity contribution in [1.82, 2.24) is 10.3 Å². The van der Waals surface area contributed by atoms with Gasteiger partial charge in [0.15, 0.2) is 0 Å². The summed E-state index contributed by atoms with van der Waals surface area (Å²) in [6.45, 7) is 2.98. The topological polar surface area (TPSA) is 62.3 Å². The number of benzene rings is 1. The fourth-order valence-corrected chi connectivity index (χ4v) is 2.86. The van der Waals surface area contributed by atoms with Crippen LogP contribution in [-0.2, 0) is 16.0 Å². The van der Waals surface area contributed by atoms with Crippen LogP contribution in [-0.4, -0.2) is 29.9 Å². The number of aryl methyl sites for hydroxylation is 1. The molecule has 0 radical (unpaired) electrons. The molecule has 24 heavy (non-hydrogen) atoms. The number of hydrogen-bond donors (Lipinski definition) is 1.